The van der Waals surface area contributed by atoms with E-state index in [1.165, 1.54) is 0 Å². The molecule has 1 N–H and O–H groups in total. The van der Waals surface area contributed by atoms with Crippen molar-refractivity contribution < 1.29 is 14.3 Å². The monoisotopic (exact) mass is 296 g/mol. The van der Waals surface area contributed by atoms with Crippen molar-refractivity contribution in [3.05, 3.63) is 0 Å². The number of carbonyl (C=O) groups is 2. The van der Waals surface area contributed by atoms with Crippen LogP contribution in [0.25, 0.3) is 0 Å². The van der Waals surface area contributed by atoms with Crippen molar-refractivity contribution >= 4 is 11.9 Å². The summed E-state index contributed by atoms with van der Waals surface area (Å²) in [6.45, 7) is 6.13. The summed E-state index contributed by atoms with van der Waals surface area (Å²) in [6.07, 6.45) is 5.88. The lowest BCUT2D eigenvalue weighted by molar-refractivity contribution is -0.154. The van der Waals surface area contributed by atoms with Gasteiger partial charge >= 0.3 is 5.97 Å². The Kier molecular flexibility index (Phi) is 5.62. The fraction of sp³-hybridized carbons (Fsp3) is 0.875. The molecule has 5 nitrogen and oxygen atoms in total. The number of esters is 1. The summed E-state index contributed by atoms with van der Waals surface area (Å²) in [6, 6.07) is 0.248. The topological polar surface area (TPSA) is 58.6 Å². The van der Waals surface area contributed by atoms with E-state index in [-0.39, 0.29) is 29.9 Å². The number of piperidine rings is 1. The number of carbonyl (C=O) groups excluding carboxylic acids is 2. The van der Waals surface area contributed by atoms with Gasteiger partial charge in [-0.3, -0.25) is 9.59 Å². The SMILES string of the molecule is CCCC1(C(=O)N(CC(=O)OCC)C2CC2)CCCNC1. The zero-order valence-corrected chi connectivity index (χ0v) is 13.3. The molecule has 2 aliphatic rings. The van der Waals surface area contributed by atoms with E-state index >= 15 is 0 Å². The van der Waals surface area contributed by atoms with E-state index in [0.717, 1.165) is 51.6 Å². The first-order valence-electron chi connectivity index (χ1n) is 8.30. The molecule has 0 radical (unpaired) electrons. The Hall–Kier alpha value is -1.10. The summed E-state index contributed by atoms with van der Waals surface area (Å²) in [4.78, 5) is 26.7. The van der Waals surface area contributed by atoms with Gasteiger partial charge in [-0.25, -0.2) is 0 Å². The minimum Gasteiger partial charge on any atom is -0.465 e. The van der Waals surface area contributed by atoms with Gasteiger partial charge in [-0.1, -0.05) is 13.3 Å². The Morgan fingerprint density at radius 1 is 1.33 bits per heavy atom. The van der Waals surface area contributed by atoms with E-state index in [1.807, 2.05) is 0 Å². The predicted molar refractivity (Wildman–Crippen MR) is 80.8 cm³/mol. The molecule has 0 aromatic heterocycles. The second kappa shape index (κ2) is 7.25. The molecule has 1 saturated carbocycles. The van der Waals surface area contributed by atoms with Gasteiger partial charge in [0.05, 0.1) is 12.0 Å². The smallest absolute Gasteiger partial charge is 0.325 e. The van der Waals surface area contributed by atoms with Gasteiger partial charge in [0.2, 0.25) is 5.91 Å². The molecule has 1 heterocycles. The first-order chi connectivity index (χ1) is 10.1. The highest BCUT2D eigenvalue weighted by atomic mass is 16.5. The molecule has 120 valence electrons. The standard InChI is InChI=1S/C16H28N2O3/c1-3-8-16(9-5-10-17-12-16)15(20)18(13-6-7-13)11-14(19)21-4-2/h13,17H,3-12H2,1-2H3. The molecule has 0 aromatic rings. The van der Waals surface area contributed by atoms with Crippen molar-refractivity contribution in [2.24, 2.45) is 5.41 Å². The van der Waals surface area contributed by atoms with Crippen LogP contribution in [0.3, 0.4) is 0 Å². The predicted octanol–water partition coefficient (Wildman–Crippen LogP) is 1.71. The second-order valence-corrected chi connectivity index (χ2v) is 6.28. The van der Waals surface area contributed by atoms with Crippen LogP contribution in [0.5, 0.6) is 0 Å². The number of hydrogen-bond acceptors (Lipinski definition) is 4. The number of rotatable bonds is 7. The summed E-state index contributed by atoms with van der Waals surface area (Å²) in [5.74, 6) is -0.125. The third kappa shape index (κ3) is 3.96. The normalized spacial score (nSPS) is 25.4. The molecule has 1 atom stereocenters. The lowest BCUT2D eigenvalue weighted by Gasteiger charge is -2.40. The van der Waals surface area contributed by atoms with E-state index in [4.69, 9.17) is 4.74 Å². The minimum absolute atomic E-state index is 0.114. The van der Waals surface area contributed by atoms with Crippen LogP contribution in [0.4, 0.5) is 0 Å². The molecule has 1 saturated heterocycles. The van der Waals surface area contributed by atoms with E-state index < -0.39 is 0 Å². The van der Waals surface area contributed by atoms with Crippen molar-refractivity contribution in [3.8, 4) is 0 Å². The van der Waals surface area contributed by atoms with Crippen LogP contribution >= 0.6 is 0 Å². The third-order valence-corrected chi connectivity index (χ3v) is 4.51. The van der Waals surface area contributed by atoms with Crippen LogP contribution in [0, 0.1) is 5.41 Å². The van der Waals surface area contributed by atoms with Crippen molar-refractivity contribution in [1.82, 2.24) is 10.2 Å². The van der Waals surface area contributed by atoms with E-state index in [2.05, 4.69) is 12.2 Å². The minimum atomic E-state index is -0.317. The lowest BCUT2D eigenvalue weighted by Crippen LogP contribution is -2.53. The van der Waals surface area contributed by atoms with Crippen LogP contribution in [-0.2, 0) is 14.3 Å². The van der Waals surface area contributed by atoms with Crippen molar-refractivity contribution in [3.63, 3.8) is 0 Å². The summed E-state index contributed by atoms with van der Waals surface area (Å²) in [5, 5.41) is 3.37. The Bertz CT molecular complexity index is 368. The van der Waals surface area contributed by atoms with Gasteiger partial charge in [0.15, 0.2) is 0 Å². The average Bonchev–Trinajstić information content (AvgIpc) is 3.30. The molecule has 1 aliphatic heterocycles. The third-order valence-electron chi connectivity index (χ3n) is 4.51. The van der Waals surface area contributed by atoms with Crippen molar-refractivity contribution in [2.45, 2.75) is 58.4 Å². The Morgan fingerprint density at radius 3 is 2.62 bits per heavy atom. The molecule has 0 bridgehead atoms. The van der Waals surface area contributed by atoms with Crippen molar-refractivity contribution in [2.75, 3.05) is 26.2 Å². The number of ether oxygens (including phenoxy) is 1. The van der Waals surface area contributed by atoms with Gasteiger partial charge < -0.3 is 15.0 Å². The molecule has 2 fully saturated rings. The van der Waals surface area contributed by atoms with Gasteiger partial charge in [0, 0.05) is 12.6 Å². The van der Waals surface area contributed by atoms with E-state index in [0.29, 0.717) is 6.61 Å². The summed E-state index contributed by atoms with van der Waals surface area (Å²) < 4.78 is 5.03. The molecule has 0 aromatic carbocycles. The fourth-order valence-electron chi connectivity index (χ4n) is 3.35. The molecular formula is C16H28N2O3. The largest absolute Gasteiger partial charge is 0.465 e. The molecule has 21 heavy (non-hydrogen) atoms. The van der Waals surface area contributed by atoms with E-state index in [1.54, 1.807) is 11.8 Å². The van der Waals surface area contributed by atoms with Crippen LogP contribution in [0.15, 0.2) is 0 Å². The second-order valence-electron chi connectivity index (χ2n) is 6.28. The molecule has 1 unspecified atom stereocenters. The zero-order valence-electron chi connectivity index (χ0n) is 13.3. The van der Waals surface area contributed by atoms with Gasteiger partial charge in [-0.2, -0.15) is 0 Å². The molecule has 1 aliphatic carbocycles. The van der Waals surface area contributed by atoms with Gasteiger partial charge in [0.25, 0.3) is 0 Å². The number of hydrogen-bond donors (Lipinski definition) is 1. The Labute approximate surface area is 127 Å². The van der Waals surface area contributed by atoms with Crippen LogP contribution in [-0.4, -0.2) is 49.1 Å². The summed E-state index contributed by atoms with van der Waals surface area (Å²) in [5.41, 5.74) is -0.317. The fourth-order valence-corrected chi connectivity index (χ4v) is 3.35. The number of nitrogens with one attached hydrogen (secondary N) is 1. The maximum atomic E-state index is 13.1. The molecule has 2 rings (SSSR count). The lowest BCUT2D eigenvalue weighted by atomic mass is 9.75. The first kappa shape index (κ1) is 16.3. The summed E-state index contributed by atoms with van der Waals surface area (Å²) >= 11 is 0. The van der Waals surface area contributed by atoms with Crippen LogP contribution in [0.2, 0.25) is 0 Å². The van der Waals surface area contributed by atoms with Gasteiger partial charge in [0.1, 0.15) is 6.54 Å². The van der Waals surface area contributed by atoms with Crippen molar-refractivity contribution in [1.29, 1.82) is 0 Å². The number of nitrogens with zero attached hydrogens (tertiary/aromatic N) is 1. The van der Waals surface area contributed by atoms with Crippen LogP contribution < -0.4 is 5.32 Å². The van der Waals surface area contributed by atoms with Crippen LogP contribution in [0.1, 0.15) is 52.4 Å². The molecule has 0 spiro atoms. The van der Waals surface area contributed by atoms with Gasteiger partial charge in [-0.15, -0.1) is 0 Å². The first-order valence-corrected chi connectivity index (χ1v) is 8.30. The highest BCUT2D eigenvalue weighted by Gasteiger charge is 2.45. The van der Waals surface area contributed by atoms with E-state index in [9.17, 15) is 9.59 Å². The highest BCUT2D eigenvalue weighted by Crippen LogP contribution is 2.37. The van der Waals surface area contributed by atoms with Gasteiger partial charge in [-0.05, 0) is 45.6 Å². The maximum Gasteiger partial charge on any atom is 0.325 e. The zero-order chi connectivity index (χ0) is 15.3. The average molecular weight is 296 g/mol. The molecule has 5 heteroatoms. The molecular weight excluding hydrogens is 268 g/mol. The Morgan fingerprint density at radius 2 is 2.10 bits per heavy atom. The summed E-state index contributed by atoms with van der Waals surface area (Å²) in [7, 11) is 0. The Balaban J connectivity index is 2.09. The maximum absolute atomic E-state index is 13.1. The highest BCUT2D eigenvalue weighted by molar-refractivity contribution is 5.87. The molecule has 1 amide bonds. The quantitative estimate of drug-likeness (QED) is 0.727. The number of amides is 1.